The van der Waals surface area contributed by atoms with E-state index in [9.17, 15) is 14.4 Å². The second-order valence-corrected chi connectivity index (χ2v) is 7.71. The summed E-state index contributed by atoms with van der Waals surface area (Å²) >= 11 is 6.01. The van der Waals surface area contributed by atoms with Crippen molar-refractivity contribution in [2.24, 2.45) is 11.8 Å². The van der Waals surface area contributed by atoms with E-state index in [1.54, 1.807) is 32.1 Å². The fraction of sp³-hybridized carbons (Fsp3) is 0.476. The van der Waals surface area contributed by atoms with Crippen LogP contribution in [0, 0.1) is 11.8 Å². The summed E-state index contributed by atoms with van der Waals surface area (Å²) in [6.07, 6.45) is 1.90. The summed E-state index contributed by atoms with van der Waals surface area (Å²) in [5, 5.41) is 0.569. The van der Waals surface area contributed by atoms with E-state index in [-0.39, 0.29) is 18.8 Å². The lowest BCUT2D eigenvalue weighted by molar-refractivity contribution is -0.233. The minimum Gasteiger partial charge on any atom is -0.467 e. The van der Waals surface area contributed by atoms with Gasteiger partial charge >= 0.3 is 11.9 Å². The highest BCUT2D eigenvalue weighted by molar-refractivity contribution is 6.30. The molecular weight excluding hydrogens is 384 g/mol. The summed E-state index contributed by atoms with van der Waals surface area (Å²) in [6, 6.07) is 7.09. The maximum atomic E-state index is 12.8. The number of ether oxygens (including phenoxy) is 3. The maximum absolute atomic E-state index is 12.8. The lowest BCUT2D eigenvalue weighted by atomic mass is 9.60. The molecule has 1 aromatic carbocycles. The molecule has 2 aliphatic heterocycles. The summed E-state index contributed by atoms with van der Waals surface area (Å²) < 4.78 is 16.3. The van der Waals surface area contributed by atoms with Crippen molar-refractivity contribution in [1.29, 1.82) is 0 Å². The number of fused-ring (bicyclic) bond motifs is 2. The molecule has 6 nitrogen and oxygen atoms in total. The number of esters is 2. The molecule has 1 aromatic rings. The van der Waals surface area contributed by atoms with E-state index in [0.29, 0.717) is 5.02 Å². The highest BCUT2D eigenvalue weighted by Gasteiger charge is 2.66. The predicted octanol–water partition coefficient (Wildman–Crippen LogP) is 3.21. The summed E-state index contributed by atoms with van der Waals surface area (Å²) in [5.74, 6) is -2.70. The van der Waals surface area contributed by atoms with Crippen LogP contribution in [0.25, 0.3) is 5.57 Å². The number of hydrogen-bond acceptors (Lipinski definition) is 6. The van der Waals surface area contributed by atoms with Crippen LogP contribution in [0.5, 0.6) is 0 Å². The van der Waals surface area contributed by atoms with Crippen LogP contribution in [0.15, 0.2) is 30.3 Å². The molecule has 0 amide bonds. The Labute approximate surface area is 168 Å². The molecule has 4 atom stereocenters. The monoisotopic (exact) mass is 406 g/mol. The van der Waals surface area contributed by atoms with Crippen LogP contribution in [0.3, 0.4) is 0 Å². The van der Waals surface area contributed by atoms with Gasteiger partial charge in [0.05, 0.1) is 19.6 Å². The van der Waals surface area contributed by atoms with Gasteiger partial charge in [0.1, 0.15) is 5.78 Å². The lowest BCUT2D eigenvalue weighted by Gasteiger charge is -2.55. The van der Waals surface area contributed by atoms with E-state index >= 15 is 0 Å². The Morgan fingerprint density at radius 1 is 1.21 bits per heavy atom. The number of rotatable bonds is 5. The minimum absolute atomic E-state index is 0.172. The average molecular weight is 407 g/mol. The van der Waals surface area contributed by atoms with Crippen molar-refractivity contribution in [3.8, 4) is 0 Å². The summed E-state index contributed by atoms with van der Waals surface area (Å²) in [5.41, 5.74) is -1.59. The highest BCUT2D eigenvalue weighted by atomic mass is 35.5. The number of methoxy groups -OCH3 is 1. The SMILES string of the molecule is CCOC(=O)[C@@]1(C)O[C@@]2(C(=O)OC)C=C(c3ccc(Cl)cc3)[C@@H]1C[C@@H]2C(C)=O. The van der Waals surface area contributed by atoms with Crippen molar-refractivity contribution in [1.82, 2.24) is 0 Å². The third-order valence-electron chi connectivity index (χ3n) is 5.63. The van der Waals surface area contributed by atoms with E-state index in [1.165, 1.54) is 14.0 Å². The van der Waals surface area contributed by atoms with E-state index < -0.39 is 35.0 Å². The molecule has 2 bridgehead atoms. The zero-order valence-electron chi connectivity index (χ0n) is 16.3. The minimum atomic E-state index is -1.69. The fourth-order valence-electron chi connectivity index (χ4n) is 4.27. The van der Waals surface area contributed by atoms with Gasteiger partial charge in [-0.15, -0.1) is 0 Å². The summed E-state index contributed by atoms with van der Waals surface area (Å²) in [7, 11) is 1.23. The number of hydrogen-bond donors (Lipinski definition) is 0. The van der Waals surface area contributed by atoms with Gasteiger partial charge in [0.15, 0.2) is 11.2 Å². The van der Waals surface area contributed by atoms with Crippen LogP contribution < -0.4 is 0 Å². The van der Waals surface area contributed by atoms with Crippen LogP contribution in [0.2, 0.25) is 5.02 Å². The molecule has 3 aliphatic rings. The Bertz CT molecular complexity index is 845. The van der Waals surface area contributed by atoms with Gasteiger partial charge in [-0.2, -0.15) is 0 Å². The maximum Gasteiger partial charge on any atom is 0.343 e. The molecule has 28 heavy (non-hydrogen) atoms. The molecule has 1 saturated heterocycles. The number of ketones is 1. The van der Waals surface area contributed by atoms with Gasteiger partial charge in [-0.1, -0.05) is 23.7 Å². The van der Waals surface area contributed by atoms with Crippen LogP contribution in [0.1, 0.15) is 32.8 Å². The Kier molecular flexibility index (Phi) is 5.38. The van der Waals surface area contributed by atoms with Crippen molar-refractivity contribution in [2.75, 3.05) is 13.7 Å². The number of carbonyl (C=O) groups is 3. The fourth-order valence-corrected chi connectivity index (χ4v) is 4.40. The molecule has 1 fully saturated rings. The third kappa shape index (κ3) is 3.05. The van der Waals surface area contributed by atoms with Gasteiger partial charge in [-0.05, 0) is 56.5 Å². The Morgan fingerprint density at radius 3 is 2.39 bits per heavy atom. The third-order valence-corrected chi connectivity index (χ3v) is 5.89. The first-order valence-electron chi connectivity index (χ1n) is 9.14. The summed E-state index contributed by atoms with van der Waals surface area (Å²) in [4.78, 5) is 38.0. The number of benzene rings is 1. The van der Waals surface area contributed by atoms with Gasteiger partial charge in [0.2, 0.25) is 0 Å². The molecular formula is C21H23ClO6. The van der Waals surface area contributed by atoms with Crippen molar-refractivity contribution in [2.45, 2.75) is 38.4 Å². The van der Waals surface area contributed by atoms with Crippen molar-refractivity contribution < 1.29 is 28.6 Å². The lowest BCUT2D eigenvalue weighted by Crippen LogP contribution is -2.67. The molecule has 2 heterocycles. The molecule has 0 N–H and O–H groups in total. The molecule has 0 aromatic heterocycles. The number of halogens is 1. The topological polar surface area (TPSA) is 78.9 Å². The largest absolute Gasteiger partial charge is 0.467 e. The summed E-state index contributed by atoms with van der Waals surface area (Å²) in [6.45, 7) is 4.89. The molecule has 150 valence electrons. The Hall–Kier alpha value is -2.18. The van der Waals surface area contributed by atoms with Crippen LogP contribution in [-0.2, 0) is 28.6 Å². The van der Waals surface area contributed by atoms with Gasteiger partial charge in [0.25, 0.3) is 0 Å². The predicted molar refractivity (Wildman–Crippen MR) is 103 cm³/mol. The number of Topliss-reactive ketones (excluding diaryl/α,β-unsaturated/α-hetero) is 1. The quantitative estimate of drug-likeness (QED) is 0.698. The van der Waals surface area contributed by atoms with Crippen molar-refractivity contribution >= 4 is 34.9 Å². The van der Waals surface area contributed by atoms with E-state index in [4.69, 9.17) is 25.8 Å². The molecule has 0 spiro atoms. The molecule has 0 unspecified atom stereocenters. The van der Waals surface area contributed by atoms with Crippen molar-refractivity contribution in [3.05, 3.63) is 40.9 Å². The first kappa shape index (κ1) is 20.6. The van der Waals surface area contributed by atoms with Gasteiger partial charge in [-0.25, -0.2) is 9.59 Å². The zero-order valence-corrected chi connectivity index (χ0v) is 17.0. The molecule has 1 aliphatic carbocycles. The second-order valence-electron chi connectivity index (χ2n) is 7.27. The average Bonchev–Trinajstić information content (AvgIpc) is 2.67. The molecule has 7 heteroatoms. The van der Waals surface area contributed by atoms with E-state index in [1.807, 2.05) is 12.1 Å². The second kappa shape index (κ2) is 7.33. The Balaban J connectivity index is 2.23. The molecule has 0 saturated carbocycles. The van der Waals surface area contributed by atoms with Crippen LogP contribution in [0.4, 0.5) is 0 Å². The zero-order chi connectivity index (χ0) is 20.7. The van der Waals surface area contributed by atoms with Crippen LogP contribution in [-0.4, -0.2) is 42.6 Å². The number of carbonyl (C=O) groups excluding carboxylic acids is 3. The Morgan fingerprint density at radius 2 is 1.86 bits per heavy atom. The van der Waals surface area contributed by atoms with Crippen molar-refractivity contribution in [3.63, 3.8) is 0 Å². The molecule has 4 rings (SSSR count). The molecule has 0 radical (unpaired) electrons. The normalized spacial score (nSPS) is 31.1. The van der Waals surface area contributed by atoms with Gasteiger partial charge < -0.3 is 14.2 Å². The van der Waals surface area contributed by atoms with Crippen LogP contribution >= 0.6 is 11.6 Å². The van der Waals surface area contributed by atoms with E-state index in [2.05, 4.69) is 0 Å². The highest BCUT2D eigenvalue weighted by Crippen LogP contribution is 2.56. The standard InChI is InChI=1S/C21H23ClO6/c1-5-27-18(24)20(3)17-10-16(12(2)23)21(28-20,19(25)26-4)11-15(17)13-6-8-14(22)9-7-13/h6-9,11,16-17H,5,10H2,1-4H3/t16-,17+,20+,21+/m1/s1. The first-order valence-corrected chi connectivity index (χ1v) is 9.52. The smallest absolute Gasteiger partial charge is 0.343 e. The van der Waals surface area contributed by atoms with Gasteiger partial charge in [0, 0.05) is 10.9 Å². The van der Waals surface area contributed by atoms with E-state index in [0.717, 1.165) is 11.1 Å². The first-order chi connectivity index (χ1) is 13.2. The van der Waals surface area contributed by atoms with Gasteiger partial charge in [-0.3, -0.25) is 4.79 Å².